The third-order valence-corrected chi connectivity index (χ3v) is 3.37. The maximum Gasteiger partial charge on any atom is 0.0564 e. The highest BCUT2D eigenvalue weighted by Crippen LogP contribution is 2.14. The predicted molar refractivity (Wildman–Crippen MR) is 83.4 cm³/mol. The minimum absolute atomic E-state index is 0.592. The molecule has 0 saturated carbocycles. The molecule has 1 heterocycles. The molecule has 0 radical (unpaired) electrons. The molecule has 0 spiro atoms. The van der Waals surface area contributed by atoms with E-state index in [1.165, 1.54) is 12.1 Å². The van der Waals surface area contributed by atoms with Crippen LogP contribution in [0.4, 0.5) is 5.69 Å². The Balaban J connectivity index is 2.55. The molecular weight excluding hydrogens is 234 g/mol. The van der Waals surface area contributed by atoms with Gasteiger partial charge in [0, 0.05) is 31.0 Å². The number of pyridine rings is 1. The zero-order valence-electron chi connectivity index (χ0n) is 13.1. The van der Waals surface area contributed by atoms with Gasteiger partial charge in [0.25, 0.3) is 0 Å². The van der Waals surface area contributed by atoms with Gasteiger partial charge in [-0.15, -0.1) is 0 Å². The second-order valence-electron chi connectivity index (χ2n) is 5.86. The van der Waals surface area contributed by atoms with Crippen molar-refractivity contribution >= 4 is 5.69 Å². The number of anilines is 1. The highest BCUT2D eigenvalue weighted by Gasteiger charge is 2.12. The number of hydrogen-bond acceptors (Lipinski definition) is 3. The van der Waals surface area contributed by atoms with E-state index in [2.05, 4.69) is 56.0 Å². The van der Waals surface area contributed by atoms with E-state index in [-0.39, 0.29) is 0 Å². The number of aromatic nitrogens is 1. The van der Waals surface area contributed by atoms with E-state index in [4.69, 9.17) is 0 Å². The lowest BCUT2D eigenvalue weighted by Crippen LogP contribution is -2.30. The van der Waals surface area contributed by atoms with Crippen molar-refractivity contribution in [1.29, 1.82) is 0 Å². The van der Waals surface area contributed by atoms with Crippen molar-refractivity contribution in [3.05, 3.63) is 24.0 Å². The van der Waals surface area contributed by atoms with Crippen molar-refractivity contribution in [2.75, 3.05) is 18.9 Å². The van der Waals surface area contributed by atoms with Gasteiger partial charge in [-0.25, -0.2) is 0 Å². The fourth-order valence-electron chi connectivity index (χ4n) is 2.22. The van der Waals surface area contributed by atoms with Crippen LogP contribution in [0, 0.1) is 5.92 Å². The molecule has 1 rings (SSSR count). The Morgan fingerprint density at radius 3 is 2.68 bits per heavy atom. The number of rotatable bonds is 8. The van der Waals surface area contributed by atoms with Gasteiger partial charge in [-0.3, -0.25) is 9.88 Å². The molecule has 0 amide bonds. The third kappa shape index (κ3) is 6.06. The van der Waals surface area contributed by atoms with Crippen LogP contribution in [0.2, 0.25) is 0 Å². The van der Waals surface area contributed by atoms with Gasteiger partial charge in [0.15, 0.2) is 0 Å². The minimum atomic E-state index is 0.592. The van der Waals surface area contributed by atoms with Crippen LogP contribution in [0.25, 0.3) is 0 Å². The molecule has 1 aromatic heterocycles. The van der Waals surface area contributed by atoms with E-state index in [9.17, 15) is 0 Å². The minimum Gasteiger partial charge on any atom is -0.385 e. The van der Waals surface area contributed by atoms with Crippen molar-refractivity contribution in [2.24, 2.45) is 5.92 Å². The standard InChI is InChI=1S/C16H29N3/c1-6-8-17-15-7-9-18-16(11-15)12-19(5)14(4)10-13(2)3/h7,9,11,13-14H,6,8,10,12H2,1-5H3,(H,17,18). The largest absolute Gasteiger partial charge is 0.385 e. The van der Waals surface area contributed by atoms with Gasteiger partial charge in [-0.1, -0.05) is 20.8 Å². The summed E-state index contributed by atoms with van der Waals surface area (Å²) >= 11 is 0. The quantitative estimate of drug-likeness (QED) is 0.774. The summed E-state index contributed by atoms with van der Waals surface area (Å²) in [5.41, 5.74) is 2.32. The highest BCUT2D eigenvalue weighted by atomic mass is 15.1. The fraction of sp³-hybridized carbons (Fsp3) is 0.688. The lowest BCUT2D eigenvalue weighted by atomic mass is 10.0. The van der Waals surface area contributed by atoms with Gasteiger partial charge in [-0.05, 0) is 44.9 Å². The SMILES string of the molecule is CCCNc1ccnc(CN(C)C(C)CC(C)C)c1. The van der Waals surface area contributed by atoms with Gasteiger partial charge in [0.1, 0.15) is 0 Å². The molecule has 0 aliphatic carbocycles. The summed E-state index contributed by atoms with van der Waals surface area (Å²) in [5.74, 6) is 0.739. The summed E-state index contributed by atoms with van der Waals surface area (Å²) in [6.07, 6.45) is 4.27. The summed E-state index contributed by atoms with van der Waals surface area (Å²) < 4.78 is 0. The fourth-order valence-corrected chi connectivity index (χ4v) is 2.22. The van der Waals surface area contributed by atoms with Crippen LogP contribution in [0.5, 0.6) is 0 Å². The van der Waals surface area contributed by atoms with Crippen LogP contribution >= 0.6 is 0 Å². The van der Waals surface area contributed by atoms with Crippen LogP contribution in [0.3, 0.4) is 0 Å². The molecule has 0 aliphatic rings. The molecule has 3 heteroatoms. The first-order valence-corrected chi connectivity index (χ1v) is 7.42. The first-order valence-electron chi connectivity index (χ1n) is 7.42. The summed E-state index contributed by atoms with van der Waals surface area (Å²) in [6.45, 7) is 10.9. The molecule has 1 atom stereocenters. The molecular formula is C16H29N3. The van der Waals surface area contributed by atoms with Crippen molar-refractivity contribution in [1.82, 2.24) is 9.88 Å². The van der Waals surface area contributed by atoms with Crippen molar-refractivity contribution in [3.8, 4) is 0 Å². The Kier molecular flexibility index (Phi) is 6.85. The molecule has 0 saturated heterocycles. The first-order chi connectivity index (χ1) is 9.02. The van der Waals surface area contributed by atoms with E-state index in [0.29, 0.717) is 6.04 Å². The van der Waals surface area contributed by atoms with Gasteiger partial charge < -0.3 is 5.32 Å². The normalized spacial score (nSPS) is 13.0. The van der Waals surface area contributed by atoms with Crippen molar-refractivity contribution in [3.63, 3.8) is 0 Å². The highest BCUT2D eigenvalue weighted by molar-refractivity contribution is 5.43. The monoisotopic (exact) mass is 263 g/mol. The van der Waals surface area contributed by atoms with Crippen LogP contribution in [0.1, 0.15) is 46.2 Å². The summed E-state index contributed by atoms with van der Waals surface area (Å²) in [5, 5.41) is 3.41. The molecule has 0 fully saturated rings. The number of nitrogens with one attached hydrogen (secondary N) is 1. The summed E-state index contributed by atoms with van der Waals surface area (Å²) in [7, 11) is 2.18. The molecule has 0 bridgehead atoms. The van der Waals surface area contributed by atoms with Gasteiger partial charge in [0.05, 0.1) is 5.69 Å². The molecule has 1 unspecified atom stereocenters. The second kappa shape index (κ2) is 8.16. The van der Waals surface area contributed by atoms with E-state index in [1.54, 1.807) is 0 Å². The number of nitrogens with zero attached hydrogens (tertiary/aromatic N) is 2. The Morgan fingerprint density at radius 1 is 1.32 bits per heavy atom. The van der Waals surface area contributed by atoms with E-state index in [1.807, 2.05) is 12.3 Å². The molecule has 1 N–H and O–H groups in total. The topological polar surface area (TPSA) is 28.2 Å². The van der Waals surface area contributed by atoms with Crippen molar-refractivity contribution in [2.45, 2.75) is 53.1 Å². The average molecular weight is 263 g/mol. The molecule has 1 aromatic rings. The van der Waals surface area contributed by atoms with Gasteiger partial charge >= 0.3 is 0 Å². The van der Waals surface area contributed by atoms with E-state index < -0.39 is 0 Å². The van der Waals surface area contributed by atoms with Crippen LogP contribution < -0.4 is 5.32 Å². The lowest BCUT2D eigenvalue weighted by Gasteiger charge is -2.25. The summed E-state index contributed by atoms with van der Waals surface area (Å²) in [4.78, 5) is 6.85. The zero-order valence-corrected chi connectivity index (χ0v) is 13.1. The third-order valence-electron chi connectivity index (χ3n) is 3.37. The van der Waals surface area contributed by atoms with Crippen LogP contribution in [-0.2, 0) is 6.54 Å². The van der Waals surface area contributed by atoms with Crippen LogP contribution in [-0.4, -0.2) is 29.5 Å². The summed E-state index contributed by atoms with van der Waals surface area (Å²) in [6, 6.07) is 4.79. The molecule has 0 aromatic carbocycles. The Morgan fingerprint density at radius 2 is 2.05 bits per heavy atom. The molecule has 3 nitrogen and oxygen atoms in total. The Labute approximate surface area is 118 Å². The maximum absolute atomic E-state index is 4.47. The van der Waals surface area contributed by atoms with Gasteiger partial charge in [0.2, 0.25) is 0 Å². The molecule has 0 aliphatic heterocycles. The van der Waals surface area contributed by atoms with E-state index >= 15 is 0 Å². The Bertz CT molecular complexity index is 363. The van der Waals surface area contributed by atoms with Crippen LogP contribution in [0.15, 0.2) is 18.3 Å². The van der Waals surface area contributed by atoms with E-state index in [0.717, 1.165) is 31.1 Å². The molecule has 108 valence electrons. The van der Waals surface area contributed by atoms with Gasteiger partial charge in [-0.2, -0.15) is 0 Å². The zero-order chi connectivity index (χ0) is 14.3. The lowest BCUT2D eigenvalue weighted by molar-refractivity contribution is 0.218. The Hall–Kier alpha value is -1.09. The predicted octanol–water partition coefficient (Wildman–Crippen LogP) is 3.77. The smallest absolute Gasteiger partial charge is 0.0564 e. The maximum atomic E-state index is 4.47. The van der Waals surface area contributed by atoms with Crippen molar-refractivity contribution < 1.29 is 0 Å². The number of hydrogen-bond donors (Lipinski definition) is 1. The average Bonchev–Trinajstić information content (AvgIpc) is 2.36. The first kappa shape index (κ1) is 16.0. The second-order valence-corrected chi connectivity index (χ2v) is 5.86. The molecule has 19 heavy (non-hydrogen) atoms.